The SMILES string of the molecule is CC[C@@H]1CC(=O)N[C@@H]1COc1ncc(N)c2cc(C#N)c(OC(C)C)cc12. The standard InChI is InChI=1S/C20H24N4O3/c1-4-12-6-19(25)24-17(12)10-26-20-15-7-18(27-11(2)3)13(8-21)5-14(15)16(22)9-23-20/h5,7,9,11-12,17H,4,6,10,22H2,1-3H3,(H,24,25)/t12-,17-/m1/s1. The van der Waals surface area contributed by atoms with Crippen molar-refractivity contribution < 1.29 is 14.3 Å². The van der Waals surface area contributed by atoms with Crippen LogP contribution in [0.2, 0.25) is 0 Å². The first-order valence-electron chi connectivity index (χ1n) is 9.14. The molecular weight excluding hydrogens is 344 g/mol. The van der Waals surface area contributed by atoms with Gasteiger partial charge in [-0.15, -0.1) is 0 Å². The number of aromatic nitrogens is 1. The number of rotatable bonds is 6. The van der Waals surface area contributed by atoms with Crippen molar-refractivity contribution in [3.8, 4) is 17.7 Å². The minimum Gasteiger partial charge on any atom is -0.490 e. The van der Waals surface area contributed by atoms with Crippen molar-refractivity contribution in [2.24, 2.45) is 5.92 Å². The van der Waals surface area contributed by atoms with Gasteiger partial charge in [0, 0.05) is 17.2 Å². The van der Waals surface area contributed by atoms with Crippen LogP contribution in [0.1, 0.15) is 39.2 Å². The zero-order valence-corrected chi connectivity index (χ0v) is 15.8. The van der Waals surface area contributed by atoms with Crippen LogP contribution in [0.25, 0.3) is 10.8 Å². The summed E-state index contributed by atoms with van der Waals surface area (Å²) in [5.41, 5.74) is 6.93. The summed E-state index contributed by atoms with van der Waals surface area (Å²) < 4.78 is 11.7. The van der Waals surface area contributed by atoms with Crippen molar-refractivity contribution in [2.45, 2.75) is 45.8 Å². The van der Waals surface area contributed by atoms with E-state index in [1.54, 1.807) is 12.1 Å². The Morgan fingerprint density at radius 2 is 2.19 bits per heavy atom. The predicted molar refractivity (Wildman–Crippen MR) is 102 cm³/mol. The zero-order valence-electron chi connectivity index (χ0n) is 15.8. The van der Waals surface area contributed by atoms with Crippen LogP contribution < -0.4 is 20.5 Å². The van der Waals surface area contributed by atoms with E-state index in [-0.39, 0.29) is 24.0 Å². The van der Waals surface area contributed by atoms with Gasteiger partial charge in [0.25, 0.3) is 0 Å². The maximum Gasteiger partial charge on any atom is 0.221 e. The van der Waals surface area contributed by atoms with E-state index in [4.69, 9.17) is 15.2 Å². The number of hydrogen-bond acceptors (Lipinski definition) is 6. The van der Waals surface area contributed by atoms with Crippen molar-refractivity contribution in [3.05, 3.63) is 23.9 Å². The normalized spacial score (nSPS) is 19.1. The van der Waals surface area contributed by atoms with Gasteiger partial charge >= 0.3 is 0 Å². The highest BCUT2D eigenvalue weighted by Gasteiger charge is 2.31. The Hall–Kier alpha value is -3.01. The first kappa shape index (κ1) is 18.8. The van der Waals surface area contributed by atoms with Crippen LogP contribution >= 0.6 is 0 Å². The number of nitrogens with zero attached hydrogens (tertiary/aromatic N) is 2. The van der Waals surface area contributed by atoms with Gasteiger partial charge in [-0.05, 0) is 31.9 Å². The van der Waals surface area contributed by atoms with E-state index in [1.807, 2.05) is 13.8 Å². The topological polar surface area (TPSA) is 110 Å². The maximum atomic E-state index is 11.7. The van der Waals surface area contributed by atoms with E-state index in [9.17, 15) is 10.1 Å². The largest absolute Gasteiger partial charge is 0.490 e. The number of nitrogens with one attached hydrogen (secondary N) is 1. The zero-order chi connectivity index (χ0) is 19.6. The van der Waals surface area contributed by atoms with Crippen molar-refractivity contribution in [2.75, 3.05) is 12.3 Å². The third kappa shape index (κ3) is 3.90. The molecule has 7 nitrogen and oxygen atoms in total. The summed E-state index contributed by atoms with van der Waals surface area (Å²) >= 11 is 0. The average Bonchev–Trinajstić information content (AvgIpc) is 3.00. The molecule has 0 saturated carbocycles. The predicted octanol–water partition coefficient (Wildman–Crippen LogP) is 2.77. The summed E-state index contributed by atoms with van der Waals surface area (Å²) in [5.74, 6) is 1.19. The minimum absolute atomic E-state index is 0.0401. The number of nitrogens with two attached hydrogens (primary N) is 1. The number of amides is 1. The summed E-state index contributed by atoms with van der Waals surface area (Å²) in [6.45, 7) is 6.19. The molecule has 1 aromatic carbocycles. The Kier molecular flexibility index (Phi) is 5.36. The maximum absolute atomic E-state index is 11.7. The van der Waals surface area contributed by atoms with E-state index in [2.05, 4.69) is 23.3 Å². The Bertz CT molecular complexity index is 904. The molecule has 1 aliphatic heterocycles. The molecule has 2 aromatic rings. The number of benzene rings is 1. The lowest BCUT2D eigenvalue weighted by Gasteiger charge is -2.19. The average molecular weight is 368 g/mol. The summed E-state index contributed by atoms with van der Waals surface area (Å²) in [6.07, 6.45) is 2.87. The number of carbonyl (C=O) groups excluding carboxylic acids is 1. The van der Waals surface area contributed by atoms with E-state index in [1.165, 1.54) is 6.20 Å². The second-order valence-electron chi connectivity index (χ2n) is 7.05. The molecule has 0 spiro atoms. The van der Waals surface area contributed by atoms with Gasteiger partial charge in [-0.3, -0.25) is 4.79 Å². The van der Waals surface area contributed by atoms with Crippen LogP contribution in [-0.2, 0) is 4.79 Å². The van der Waals surface area contributed by atoms with Gasteiger partial charge in [0.2, 0.25) is 11.8 Å². The molecule has 1 saturated heterocycles. The highest BCUT2D eigenvalue weighted by molar-refractivity contribution is 5.97. The second kappa shape index (κ2) is 7.70. The van der Waals surface area contributed by atoms with Crippen molar-refractivity contribution >= 4 is 22.4 Å². The fraction of sp³-hybridized carbons (Fsp3) is 0.450. The van der Waals surface area contributed by atoms with Crippen LogP contribution in [0.3, 0.4) is 0 Å². The van der Waals surface area contributed by atoms with E-state index >= 15 is 0 Å². The number of pyridine rings is 1. The molecule has 1 amide bonds. The first-order chi connectivity index (χ1) is 12.9. The number of hydrogen-bond donors (Lipinski definition) is 2. The van der Waals surface area contributed by atoms with Gasteiger partial charge in [-0.25, -0.2) is 4.98 Å². The third-order valence-electron chi connectivity index (χ3n) is 4.75. The van der Waals surface area contributed by atoms with Crippen molar-refractivity contribution in [1.82, 2.24) is 10.3 Å². The molecule has 0 aliphatic carbocycles. The highest BCUT2D eigenvalue weighted by Crippen LogP contribution is 2.34. The molecule has 142 valence electrons. The van der Waals surface area contributed by atoms with E-state index in [0.29, 0.717) is 46.7 Å². The molecule has 1 aliphatic rings. The Labute approximate surface area is 158 Å². The quantitative estimate of drug-likeness (QED) is 0.811. The molecular formula is C20H24N4O3. The summed E-state index contributed by atoms with van der Waals surface area (Å²) in [4.78, 5) is 16.0. The number of fused-ring (bicyclic) bond motifs is 1. The third-order valence-corrected chi connectivity index (χ3v) is 4.75. The molecule has 0 unspecified atom stereocenters. The molecule has 3 rings (SSSR count). The van der Waals surface area contributed by atoms with Crippen LogP contribution in [0.15, 0.2) is 18.3 Å². The fourth-order valence-electron chi connectivity index (χ4n) is 3.36. The highest BCUT2D eigenvalue weighted by atomic mass is 16.5. The van der Waals surface area contributed by atoms with Crippen LogP contribution in [0, 0.1) is 17.2 Å². The number of anilines is 1. The molecule has 0 radical (unpaired) electrons. The molecule has 1 fully saturated rings. The second-order valence-corrected chi connectivity index (χ2v) is 7.05. The molecule has 1 aromatic heterocycles. The van der Waals surface area contributed by atoms with E-state index in [0.717, 1.165) is 6.42 Å². The molecule has 27 heavy (non-hydrogen) atoms. The Balaban J connectivity index is 1.94. The molecule has 2 heterocycles. The van der Waals surface area contributed by atoms with Gasteiger partial charge in [-0.1, -0.05) is 13.3 Å². The Morgan fingerprint density at radius 1 is 1.41 bits per heavy atom. The molecule has 3 N–H and O–H groups in total. The number of nitrogen functional groups attached to an aromatic ring is 1. The number of ether oxygens (including phenoxy) is 2. The summed E-state index contributed by atoms with van der Waals surface area (Å²) in [5, 5.41) is 13.7. The molecule has 2 atom stereocenters. The van der Waals surface area contributed by atoms with Crippen LogP contribution in [0.5, 0.6) is 11.6 Å². The van der Waals surface area contributed by atoms with Crippen molar-refractivity contribution in [3.63, 3.8) is 0 Å². The lowest BCUT2D eigenvalue weighted by Crippen LogP contribution is -2.34. The van der Waals surface area contributed by atoms with Crippen molar-refractivity contribution in [1.29, 1.82) is 5.26 Å². The van der Waals surface area contributed by atoms with Gasteiger partial charge in [0.1, 0.15) is 18.4 Å². The number of nitriles is 1. The Morgan fingerprint density at radius 3 is 2.85 bits per heavy atom. The van der Waals surface area contributed by atoms with Crippen LogP contribution in [0.4, 0.5) is 5.69 Å². The molecule has 0 bridgehead atoms. The lowest BCUT2D eigenvalue weighted by atomic mass is 9.98. The minimum atomic E-state index is -0.0769. The lowest BCUT2D eigenvalue weighted by molar-refractivity contribution is -0.119. The van der Waals surface area contributed by atoms with Gasteiger partial charge in [0.05, 0.1) is 29.6 Å². The van der Waals surface area contributed by atoms with Crippen LogP contribution in [-0.4, -0.2) is 29.6 Å². The monoisotopic (exact) mass is 368 g/mol. The number of carbonyl (C=O) groups is 1. The smallest absolute Gasteiger partial charge is 0.221 e. The van der Waals surface area contributed by atoms with E-state index < -0.39 is 0 Å². The molecule has 7 heteroatoms. The fourth-order valence-corrected chi connectivity index (χ4v) is 3.36. The summed E-state index contributed by atoms with van der Waals surface area (Å²) in [6, 6.07) is 5.55. The van der Waals surface area contributed by atoms with Gasteiger partial charge in [-0.2, -0.15) is 5.26 Å². The first-order valence-corrected chi connectivity index (χ1v) is 9.14. The summed E-state index contributed by atoms with van der Waals surface area (Å²) in [7, 11) is 0. The van der Waals surface area contributed by atoms with Gasteiger partial charge in [0.15, 0.2) is 0 Å². The van der Waals surface area contributed by atoms with Gasteiger partial charge < -0.3 is 20.5 Å².